The van der Waals surface area contributed by atoms with E-state index in [1.807, 2.05) is 23.5 Å². The second-order valence-electron chi connectivity index (χ2n) is 3.92. The molecule has 1 heterocycles. The molecule has 1 aliphatic carbocycles. The van der Waals surface area contributed by atoms with Crippen molar-refractivity contribution in [2.75, 3.05) is 6.54 Å². The van der Waals surface area contributed by atoms with Gasteiger partial charge in [-0.3, -0.25) is 0 Å². The summed E-state index contributed by atoms with van der Waals surface area (Å²) in [6.07, 6.45) is 5.53. The van der Waals surface area contributed by atoms with Crippen LogP contribution in [0.3, 0.4) is 0 Å². The molecule has 2 atom stereocenters. The smallest absolute Gasteiger partial charge is 0.186 e. The number of aromatic nitrogens is 3. The summed E-state index contributed by atoms with van der Waals surface area (Å²) >= 11 is 1.86. The first kappa shape index (κ1) is 11.0. The summed E-state index contributed by atoms with van der Waals surface area (Å²) < 4.78 is 1.85. The highest BCUT2D eigenvalue weighted by atomic mass is 32.2. The van der Waals surface area contributed by atoms with Gasteiger partial charge in [-0.05, 0) is 19.4 Å². The molecule has 1 aliphatic rings. The molecule has 15 heavy (non-hydrogen) atoms. The van der Waals surface area contributed by atoms with Crippen molar-refractivity contribution in [3.63, 3.8) is 0 Å². The number of nitrogens with zero attached hydrogens (tertiary/aromatic N) is 3. The van der Waals surface area contributed by atoms with E-state index in [2.05, 4.69) is 22.3 Å². The molecule has 4 nitrogen and oxygen atoms in total. The van der Waals surface area contributed by atoms with E-state index in [9.17, 15) is 0 Å². The lowest BCUT2D eigenvalue weighted by Gasteiger charge is -2.18. The third kappa shape index (κ3) is 2.52. The molecule has 1 N–H and O–H groups in total. The molecule has 84 valence electrons. The first-order chi connectivity index (χ1) is 7.31. The van der Waals surface area contributed by atoms with Crippen LogP contribution >= 0.6 is 11.8 Å². The fraction of sp³-hybridized carbons (Fsp3) is 0.800. The van der Waals surface area contributed by atoms with Gasteiger partial charge >= 0.3 is 0 Å². The molecular weight excluding hydrogens is 208 g/mol. The Hall–Kier alpha value is -0.550. The maximum atomic E-state index is 4.26. The van der Waals surface area contributed by atoms with Crippen molar-refractivity contribution in [3.8, 4) is 0 Å². The molecule has 0 bridgehead atoms. The van der Waals surface area contributed by atoms with Crippen molar-refractivity contribution >= 4 is 11.8 Å². The molecule has 0 aromatic carbocycles. The SMILES string of the molecule is CCNC1CCCC1Sc1ncnn1C. The van der Waals surface area contributed by atoms with E-state index in [0.29, 0.717) is 11.3 Å². The van der Waals surface area contributed by atoms with E-state index in [-0.39, 0.29) is 0 Å². The lowest BCUT2D eigenvalue weighted by Crippen LogP contribution is -2.33. The van der Waals surface area contributed by atoms with Gasteiger partial charge in [0.25, 0.3) is 0 Å². The highest BCUT2D eigenvalue weighted by Gasteiger charge is 2.28. The van der Waals surface area contributed by atoms with Gasteiger partial charge in [0.15, 0.2) is 5.16 Å². The number of hydrogen-bond acceptors (Lipinski definition) is 4. The van der Waals surface area contributed by atoms with E-state index in [1.54, 1.807) is 6.33 Å². The number of nitrogens with one attached hydrogen (secondary N) is 1. The predicted octanol–water partition coefficient (Wildman–Crippen LogP) is 1.44. The summed E-state index contributed by atoms with van der Waals surface area (Å²) in [5, 5.41) is 9.33. The normalized spacial score (nSPS) is 26.0. The monoisotopic (exact) mass is 226 g/mol. The lowest BCUT2D eigenvalue weighted by molar-refractivity contribution is 0.549. The average Bonchev–Trinajstić information content (AvgIpc) is 2.80. The van der Waals surface area contributed by atoms with E-state index in [4.69, 9.17) is 0 Å². The Kier molecular flexibility index (Phi) is 3.64. The zero-order chi connectivity index (χ0) is 10.7. The second kappa shape index (κ2) is 4.99. The molecule has 1 aromatic heterocycles. The number of thioether (sulfide) groups is 1. The highest BCUT2D eigenvalue weighted by Crippen LogP contribution is 2.33. The number of hydrogen-bond donors (Lipinski definition) is 1. The molecule has 1 saturated carbocycles. The van der Waals surface area contributed by atoms with Crippen molar-refractivity contribution in [1.29, 1.82) is 0 Å². The number of aryl methyl sites for hydroxylation is 1. The van der Waals surface area contributed by atoms with Crippen molar-refractivity contribution in [2.45, 2.75) is 42.6 Å². The van der Waals surface area contributed by atoms with Gasteiger partial charge in [0.2, 0.25) is 0 Å². The topological polar surface area (TPSA) is 42.7 Å². The maximum Gasteiger partial charge on any atom is 0.186 e. The zero-order valence-electron chi connectivity index (χ0n) is 9.31. The summed E-state index contributed by atoms with van der Waals surface area (Å²) in [5.74, 6) is 0. The van der Waals surface area contributed by atoms with Crippen LogP contribution in [0, 0.1) is 0 Å². The number of rotatable bonds is 4. The molecule has 1 fully saturated rings. The van der Waals surface area contributed by atoms with E-state index in [1.165, 1.54) is 19.3 Å². The first-order valence-corrected chi connectivity index (χ1v) is 6.43. The molecule has 0 saturated heterocycles. The zero-order valence-corrected chi connectivity index (χ0v) is 10.1. The fourth-order valence-corrected chi connectivity index (χ4v) is 3.35. The van der Waals surface area contributed by atoms with Crippen molar-refractivity contribution in [1.82, 2.24) is 20.1 Å². The Morgan fingerprint density at radius 3 is 3.13 bits per heavy atom. The molecule has 5 heteroatoms. The van der Waals surface area contributed by atoms with Crippen LogP contribution in [0.15, 0.2) is 11.5 Å². The lowest BCUT2D eigenvalue weighted by atomic mass is 10.2. The van der Waals surface area contributed by atoms with Gasteiger partial charge in [-0.1, -0.05) is 25.1 Å². The molecule has 2 unspecified atom stereocenters. The van der Waals surface area contributed by atoms with Crippen LogP contribution < -0.4 is 5.32 Å². The summed E-state index contributed by atoms with van der Waals surface area (Å²) in [7, 11) is 1.95. The van der Waals surface area contributed by atoms with Gasteiger partial charge in [0.05, 0.1) is 0 Å². The minimum absolute atomic E-state index is 0.650. The third-order valence-corrected chi connectivity index (χ3v) is 4.29. The predicted molar refractivity (Wildman–Crippen MR) is 62.0 cm³/mol. The maximum absolute atomic E-state index is 4.26. The van der Waals surface area contributed by atoms with Crippen LogP contribution in [-0.4, -0.2) is 32.6 Å². The highest BCUT2D eigenvalue weighted by molar-refractivity contribution is 7.99. The van der Waals surface area contributed by atoms with Crippen LogP contribution in [0.2, 0.25) is 0 Å². The fourth-order valence-electron chi connectivity index (χ4n) is 2.09. The first-order valence-electron chi connectivity index (χ1n) is 5.55. The quantitative estimate of drug-likeness (QED) is 0.843. The van der Waals surface area contributed by atoms with E-state index in [0.717, 1.165) is 11.7 Å². The standard InChI is InChI=1S/C10H18N4S/c1-3-11-8-5-4-6-9(8)15-10-12-7-13-14(10)2/h7-9,11H,3-6H2,1-2H3. The summed E-state index contributed by atoms with van der Waals surface area (Å²) in [6.45, 7) is 3.23. The van der Waals surface area contributed by atoms with Gasteiger partial charge in [0.1, 0.15) is 6.33 Å². The van der Waals surface area contributed by atoms with Gasteiger partial charge in [-0.15, -0.1) is 0 Å². The largest absolute Gasteiger partial charge is 0.313 e. The van der Waals surface area contributed by atoms with Crippen molar-refractivity contribution in [2.24, 2.45) is 7.05 Å². The van der Waals surface area contributed by atoms with Gasteiger partial charge in [-0.25, -0.2) is 9.67 Å². The van der Waals surface area contributed by atoms with Crippen molar-refractivity contribution < 1.29 is 0 Å². The average molecular weight is 226 g/mol. The molecule has 0 aliphatic heterocycles. The molecule has 0 spiro atoms. The Bertz CT molecular complexity index is 312. The third-order valence-electron chi connectivity index (χ3n) is 2.85. The van der Waals surface area contributed by atoms with Gasteiger partial charge in [-0.2, -0.15) is 5.10 Å². The van der Waals surface area contributed by atoms with Crippen LogP contribution in [0.1, 0.15) is 26.2 Å². The summed E-state index contributed by atoms with van der Waals surface area (Å²) in [5.41, 5.74) is 0. The Balaban J connectivity index is 1.96. The molecule has 1 aromatic rings. The molecule has 0 amide bonds. The Morgan fingerprint density at radius 1 is 1.60 bits per heavy atom. The Morgan fingerprint density at radius 2 is 2.47 bits per heavy atom. The van der Waals surface area contributed by atoms with E-state index < -0.39 is 0 Å². The van der Waals surface area contributed by atoms with E-state index >= 15 is 0 Å². The summed E-state index contributed by atoms with van der Waals surface area (Å²) in [6, 6.07) is 0.650. The van der Waals surface area contributed by atoms with Crippen LogP contribution in [-0.2, 0) is 7.05 Å². The minimum Gasteiger partial charge on any atom is -0.313 e. The molecular formula is C10H18N4S. The van der Waals surface area contributed by atoms with Crippen LogP contribution in [0.4, 0.5) is 0 Å². The van der Waals surface area contributed by atoms with Crippen LogP contribution in [0.5, 0.6) is 0 Å². The molecule has 2 rings (SSSR count). The molecule has 0 radical (unpaired) electrons. The Labute approximate surface area is 94.8 Å². The van der Waals surface area contributed by atoms with Gasteiger partial charge < -0.3 is 5.32 Å². The van der Waals surface area contributed by atoms with Crippen LogP contribution in [0.25, 0.3) is 0 Å². The minimum atomic E-state index is 0.650. The van der Waals surface area contributed by atoms with Crippen molar-refractivity contribution in [3.05, 3.63) is 6.33 Å². The van der Waals surface area contributed by atoms with Gasteiger partial charge in [0, 0.05) is 18.3 Å². The second-order valence-corrected chi connectivity index (χ2v) is 5.12. The summed E-state index contributed by atoms with van der Waals surface area (Å²) in [4.78, 5) is 4.26.